The van der Waals surface area contributed by atoms with Crippen LogP contribution in [0.1, 0.15) is 0 Å². The quantitative estimate of drug-likeness (QED) is 0.485. The minimum Gasteiger partial charge on any atom is -0.312 e. The van der Waals surface area contributed by atoms with Crippen molar-refractivity contribution in [1.29, 1.82) is 0 Å². The fourth-order valence-electron chi connectivity index (χ4n) is 1.81. The lowest BCUT2D eigenvalue weighted by molar-refractivity contribution is 1.41. The molecule has 0 spiro atoms. The van der Waals surface area contributed by atoms with E-state index in [-0.39, 0.29) is 9.75 Å². The van der Waals surface area contributed by atoms with Crippen molar-refractivity contribution in [2.45, 2.75) is 0 Å². The van der Waals surface area contributed by atoms with E-state index in [0.29, 0.717) is 0 Å². The molecule has 0 saturated carbocycles. The van der Waals surface area contributed by atoms with Crippen molar-refractivity contribution in [3.63, 3.8) is 0 Å². The second-order valence-corrected chi connectivity index (χ2v) is 7.11. The summed E-state index contributed by atoms with van der Waals surface area (Å²) in [5.41, 5.74) is 1.83. The highest BCUT2D eigenvalue weighted by atomic mass is 79.9. The SMILES string of the molecule is O=c1[nH]c2ccc(Br)cc2s1.O=c1[nH]c2ccccc2s1. The standard InChI is InChI=1S/C7H4BrNOS.C7H5NOS/c8-4-1-2-5-6(3-4)11-7(10)9-5;9-7-8-5-3-1-2-4-6(5)10-7/h1-3H,(H,9,10);1-4H,(H,8,9). The fraction of sp³-hybridized carbons (Fsp3) is 0. The molecule has 2 aromatic carbocycles. The molecule has 106 valence electrons. The maximum Gasteiger partial charge on any atom is 0.305 e. The van der Waals surface area contributed by atoms with Crippen LogP contribution in [0.25, 0.3) is 20.4 Å². The van der Waals surface area contributed by atoms with Gasteiger partial charge < -0.3 is 9.97 Å². The Bertz CT molecular complexity index is 977. The van der Waals surface area contributed by atoms with E-state index in [4.69, 9.17) is 0 Å². The third-order valence-electron chi connectivity index (χ3n) is 2.71. The summed E-state index contributed by atoms with van der Waals surface area (Å²) in [4.78, 5) is 27.1. The molecule has 4 nitrogen and oxygen atoms in total. The van der Waals surface area contributed by atoms with E-state index in [9.17, 15) is 9.59 Å². The zero-order chi connectivity index (χ0) is 14.8. The molecule has 0 amide bonds. The number of aromatic nitrogens is 2. The average Bonchev–Trinajstić information content (AvgIpc) is 2.99. The smallest absolute Gasteiger partial charge is 0.305 e. The minimum absolute atomic E-state index is 0.00176. The third-order valence-corrected chi connectivity index (χ3v) is 4.91. The van der Waals surface area contributed by atoms with Gasteiger partial charge in [-0.3, -0.25) is 9.59 Å². The number of para-hydroxylation sites is 1. The lowest BCUT2D eigenvalue weighted by Gasteiger charge is -1.87. The second kappa shape index (κ2) is 5.97. The predicted octanol–water partition coefficient (Wildman–Crippen LogP) is 3.94. The van der Waals surface area contributed by atoms with E-state index in [1.54, 1.807) is 0 Å². The first kappa shape index (κ1) is 14.2. The normalized spacial score (nSPS) is 10.5. The Morgan fingerprint density at radius 2 is 1.43 bits per heavy atom. The van der Waals surface area contributed by atoms with Crippen LogP contribution in [0.5, 0.6) is 0 Å². The van der Waals surface area contributed by atoms with Crippen molar-refractivity contribution < 1.29 is 0 Å². The monoisotopic (exact) mass is 380 g/mol. The molecule has 2 heterocycles. The van der Waals surface area contributed by atoms with Gasteiger partial charge in [-0.2, -0.15) is 0 Å². The average molecular weight is 381 g/mol. The summed E-state index contributed by atoms with van der Waals surface area (Å²) in [5, 5.41) is 0. The summed E-state index contributed by atoms with van der Waals surface area (Å²) in [6.45, 7) is 0. The van der Waals surface area contributed by atoms with Gasteiger partial charge in [-0.1, -0.05) is 50.7 Å². The van der Waals surface area contributed by atoms with E-state index >= 15 is 0 Å². The highest BCUT2D eigenvalue weighted by molar-refractivity contribution is 9.10. The number of fused-ring (bicyclic) bond motifs is 2. The van der Waals surface area contributed by atoms with Crippen molar-refractivity contribution in [1.82, 2.24) is 9.97 Å². The number of H-pyrrole nitrogens is 2. The Morgan fingerprint density at radius 1 is 0.810 bits per heavy atom. The van der Waals surface area contributed by atoms with Gasteiger partial charge in [0, 0.05) is 4.47 Å². The molecule has 4 aromatic rings. The lowest BCUT2D eigenvalue weighted by Crippen LogP contribution is -1.89. The number of hydrogen-bond acceptors (Lipinski definition) is 4. The van der Waals surface area contributed by atoms with Crippen LogP contribution in [0, 0.1) is 0 Å². The number of halogens is 1. The maximum atomic E-state index is 10.8. The molecular formula is C14H9BrN2O2S2. The van der Waals surface area contributed by atoms with Crippen LogP contribution in [0.15, 0.2) is 56.5 Å². The summed E-state index contributed by atoms with van der Waals surface area (Å²) in [6, 6.07) is 13.4. The molecule has 0 fully saturated rings. The highest BCUT2D eigenvalue weighted by Crippen LogP contribution is 2.19. The van der Waals surface area contributed by atoms with Crippen molar-refractivity contribution in [2.24, 2.45) is 0 Å². The van der Waals surface area contributed by atoms with Crippen molar-refractivity contribution in [2.75, 3.05) is 0 Å². The highest BCUT2D eigenvalue weighted by Gasteiger charge is 1.97. The molecule has 7 heteroatoms. The molecule has 2 aromatic heterocycles. The van der Waals surface area contributed by atoms with Crippen LogP contribution in [-0.4, -0.2) is 9.97 Å². The molecule has 0 atom stereocenters. The minimum atomic E-state index is -0.00176. The number of benzene rings is 2. The summed E-state index contributed by atoms with van der Waals surface area (Å²) in [6.07, 6.45) is 0. The number of aromatic amines is 2. The van der Waals surface area contributed by atoms with Gasteiger partial charge in [0.15, 0.2) is 0 Å². The topological polar surface area (TPSA) is 65.7 Å². The van der Waals surface area contributed by atoms with Gasteiger partial charge >= 0.3 is 9.75 Å². The maximum absolute atomic E-state index is 10.8. The molecular weight excluding hydrogens is 372 g/mol. The Labute approximate surface area is 135 Å². The van der Waals surface area contributed by atoms with Gasteiger partial charge in [-0.05, 0) is 30.3 Å². The summed E-state index contributed by atoms with van der Waals surface area (Å²) in [5.74, 6) is 0. The first-order valence-electron chi connectivity index (χ1n) is 5.98. The van der Waals surface area contributed by atoms with Crippen molar-refractivity contribution in [3.05, 3.63) is 66.3 Å². The van der Waals surface area contributed by atoms with Gasteiger partial charge in [0.25, 0.3) is 0 Å². The van der Waals surface area contributed by atoms with Crippen LogP contribution >= 0.6 is 38.6 Å². The molecule has 21 heavy (non-hydrogen) atoms. The Hall–Kier alpha value is -1.70. The van der Waals surface area contributed by atoms with Crippen molar-refractivity contribution >= 4 is 59.0 Å². The molecule has 0 aliphatic heterocycles. The van der Waals surface area contributed by atoms with E-state index in [0.717, 1.165) is 24.9 Å². The molecule has 0 radical (unpaired) electrons. The van der Waals surface area contributed by atoms with E-state index in [1.807, 2.05) is 42.5 Å². The molecule has 0 saturated heterocycles. The molecule has 4 rings (SSSR count). The molecule has 0 bridgehead atoms. The zero-order valence-corrected chi connectivity index (χ0v) is 13.8. The number of hydrogen-bond donors (Lipinski definition) is 2. The van der Waals surface area contributed by atoms with Gasteiger partial charge in [-0.25, -0.2) is 0 Å². The molecule has 0 aliphatic carbocycles. The number of nitrogens with one attached hydrogen (secondary N) is 2. The van der Waals surface area contributed by atoms with Crippen LogP contribution in [0.4, 0.5) is 0 Å². The predicted molar refractivity (Wildman–Crippen MR) is 92.6 cm³/mol. The second-order valence-electron chi connectivity index (χ2n) is 4.17. The molecule has 0 unspecified atom stereocenters. The van der Waals surface area contributed by atoms with Crippen LogP contribution < -0.4 is 9.75 Å². The fourth-order valence-corrected chi connectivity index (χ4v) is 3.84. The Morgan fingerprint density at radius 3 is 2.14 bits per heavy atom. The first-order valence-corrected chi connectivity index (χ1v) is 8.41. The van der Waals surface area contributed by atoms with Crippen LogP contribution in [0.3, 0.4) is 0 Å². The zero-order valence-electron chi connectivity index (χ0n) is 10.6. The van der Waals surface area contributed by atoms with Gasteiger partial charge in [0.2, 0.25) is 0 Å². The van der Waals surface area contributed by atoms with Gasteiger partial charge in [0.1, 0.15) is 0 Å². The lowest BCUT2D eigenvalue weighted by atomic mass is 10.3. The Kier molecular flexibility index (Phi) is 4.05. The van der Waals surface area contributed by atoms with Crippen LogP contribution in [-0.2, 0) is 0 Å². The molecule has 0 aliphatic rings. The van der Waals surface area contributed by atoms with Gasteiger partial charge in [-0.15, -0.1) is 0 Å². The summed E-state index contributed by atoms with van der Waals surface area (Å²) >= 11 is 5.80. The van der Waals surface area contributed by atoms with Gasteiger partial charge in [0.05, 0.1) is 20.4 Å². The first-order chi connectivity index (χ1) is 10.1. The summed E-state index contributed by atoms with van der Waals surface area (Å²) in [7, 11) is 0. The number of thiazole rings is 2. The van der Waals surface area contributed by atoms with E-state index in [2.05, 4.69) is 25.9 Å². The third kappa shape index (κ3) is 3.31. The largest absolute Gasteiger partial charge is 0.312 e. The summed E-state index contributed by atoms with van der Waals surface area (Å²) < 4.78 is 3.01. The number of rotatable bonds is 0. The van der Waals surface area contributed by atoms with E-state index < -0.39 is 0 Å². The van der Waals surface area contributed by atoms with E-state index in [1.165, 1.54) is 22.7 Å². The molecule has 2 N–H and O–H groups in total. The Balaban J connectivity index is 0.000000126. The van der Waals surface area contributed by atoms with Crippen molar-refractivity contribution in [3.8, 4) is 0 Å². The van der Waals surface area contributed by atoms with Crippen LogP contribution in [0.2, 0.25) is 0 Å².